The molecule has 0 heterocycles. The van der Waals surface area contributed by atoms with Crippen LogP contribution < -0.4 is 4.74 Å². The van der Waals surface area contributed by atoms with Crippen LogP contribution >= 0.6 is 31.9 Å². The summed E-state index contributed by atoms with van der Waals surface area (Å²) in [4.78, 5) is 11.2. The quantitative estimate of drug-likeness (QED) is 0.747. The summed E-state index contributed by atoms with van der Waals surface area (Å²) in [5.41, 5.74) is 0.455. The van der Waals surface area contributed by atoms with Crippen LogP contribution in [0.4, 0.5) is 13.2 Å². The lowest BCUT2D eigenvalue weighted by atomic mass is 10.1. The zero-order chi connectivity index (χ0) is 13.1. The number of rotatable bonds is 4. The second kappa shape index (κ2) is 5.86. The first kappa shape index (κ1) is 14.5. The van der Waals surface area contributed by atoms with E-state index < -0.39 is 6.36 Å². The third-order valence-electron chi connectivity index (χ3n) is 1.79. The Balaban J connectivity index is 2.90. The van der Waals surface area contributed by atoms with Crippen LogP contribution in [0.15, 0.2) is 22.7 Å². The van der Waals surface area contributed by atoms with Crippen molar-refractivity contribution in [3.63, 3.8) is 0 Å². The first-order valence-corrected chi connectivity index (χ1v) is 6.35. The Labute approximate surface area is 112 Å². The number of carbonyl (C=O) groups excluding carboxylic acids is 1. The molecule has 2 nitrogen and oxygen atoms in total. The third-order valence-corrected chi connectivity index (χ3v) is 3.19. The van der Waals surface area contributed by atoms with Gasteiger partial charge in [-0.25, -0.2) is 0 Å². The van der Waals surface area contributed by atoms with Gasteiger partial charge >= 0.3 is 6.36 Å². The van der Waals surface area contributed by atoms with E-state index in [1.807, 2.05) is 0 Å². The van der Waals surface area contributed by atoms with Crippen molar-refractivity contribution in [2.45, 2.75) is 12.8 Å². The van der Waals surface area contributed by atoms with Crippen molar-refractivity contribution >= 4 is 37.6 Å². The molecule has 0 aliphatic heterocycles. The lowest BCUT2D eigenvalue weighted by molar-refractivity contribution is -0.274. The Morgan fingerprint density at radius 1 is 1.35 bits per heavy atom. The van der Waals surface area contributed by atoms with Crippen LogP contribution in [0.1, 0.15) is 5.56 Å². The molecule has 1 aromatic carbocycles. The van der Waals surface area contributed by atoms with Crippen molar-refractivity contribution in [1.29, 1.82) is 0 Å². The van der Waals surface area contributed by atoms with Gasteiger partial charge in [0.15, 0.2) is 0 Å². The maximum Gasteiger partial charge on any atom is 0.573 e. The molecule has 94 valence electrons. The molecule has 0 saturated heterocycles. The largest absolute Gasteiger partial charge is 0.573 e. The summed E-state index contributed by atoms with van der Waals surface area (Å²) in [5.74, 6) is -0.465. The van der Waals surface area contributed by atoms with E-state index >= 15 is 0 Å². The van der Waals surface area contributed by atoms with Gasteiger partial charge in [-0.1, -0.05) is 31.9 Å². The molecule has 1 rings (SSSR count). The van der Waals surface area contributed by atoms with Gasteiger partial charge in [0.25, 0.3) is 0 Å². The molecule has 0 spiro atoms. The van der Waals surface area contributed by atoms with Gasteiger partial charge in [-0.15, -0.1) is 13.2 Å². The molecule has 0 N–H and O–H groups in total. The normalized spacial score (nSPS) is 11.4. The van der Waals surface area contributed by atoms with Crippen LogP contribution in [0, 0.1) is 0 Å². The molecule has 7 heteroatoms. The fraction of sp³-hybridized carbons (Fsp3) is 0.300. The van der Waals surface area contributed by atoms with Crippen LogP contribution in [0.25, 0.3) is 0 Å². The van der Waals surface area contributed by atoms with E-state index in [9.17, 15) is 18.0 Å². The summed E-state index contributed by atoms with van der Waals surface area (Å²) in [5, 5.41) is 0.157. The smallest absolute Gasteiger partial charge is 0.406 e. The van der Waals surface area contributed by atoms with E-state index in [0.29, 0.717) is 10.0 Å². The highest BCUT2D eigenvalue weighted by Gasteiger charge is 2.31. The Hall–Kier alpha value is -0.560. The zero-order valence-electron chi connectivity index (χ0n) is 8.35. The predicted molar refractivity (Wildman–Crippen MR) is 63.3 cm³/mol. The third kappa shape index (κ3) is 5.08. The van der Waals surface area contributed by atoms with E-state index in [0.717, 1.165) is 0 Å². The molecular formula is C10H7Br2F3O2. The molecule has 0 radical (unpaired) electrons. The molecule has 17 heavy (non-hydrogen) atoms. The highest BCUT2D eigenvalue weighted by atomic mass is 79.9. The molecule has 1 aromatic rings. The number of ketones is 1. The van der Waals surface area contributed by atoms with E-state index in [2.05, 4.69) is 36.6 Å². The van der Waals surface area contributed by atoms with Crippen LogP contribution in [-0.4, -0.2) is 17.5 Å². The first-order valence-electron chi connectivity index (χ1n) is 4.43. The maximum absolute atomic E-state index is 12.0. The Morgan fingerprint density at radius 2 is 2.00 bits per heavy atom. The van der Waals surface area contributed by atoms with E-state index in [1.165, 1.54) is 18.2 Å². The fourth-order valence-corrected chi connectivity index (χ4v) is 1.73. The number of halogens is 5. The summed E-state index contributed by atoms with van der Waals surface area (Å²) in [7, 11) is 0. The van der Waals surface area contributed by atoms with Gasteiger partial charge in [0.1, 0.15) is 11.5 Å². The van der Waals surface area contributed by atoms with Gasteiger partial charge in [0, 0.05) is 10.9 Å². The molecule has 0 fully saturated rings. The van der Waals surface area contributed by atoms with Gasteiger partial charge in [-0.05, 0) is 23.8 Å². The Bertz CT molecular complexity index is 419. The topological polar surface area (TPSA) is 26.3 Å². The Morgan fingerprint density at radius 3 is 2.53 bits per heavy atom. The lowest BCUT2D eigenvalue weighted by Gasteiger charge is -2.10. The lowest BCUT2D eigenvalue weighted by Crippen LogP contribution is -2.17. The van der Waals surface area contributed by atoms with Crippen molar-refractivity contribution in [3.05, 3.63) is 28.2 Å². The van der Waals surface area contributed by atoms with Gasteiger partial charge in [-0.2, -0.15) is 0 Å². The molecule has 0 aromatic heterocycles. The molecule has 0 atom stereocenters. The molecular weight excluding hydrogens is 369 g/mol. The Kier molecular flexibility index (Phi) is 5.00. The minimum absolute atomic E-state index is 0.0426. The first-order chi connectivity index (χ1) is 7.81. The van der Waals surface area contributed by atoms with Crippen LogP contribution in [0.2, 0.25) is 0 Å². The van der Waals surface area contributed by atoms with Gasteiger partial charge in [0.05, 0.1) is 5.33 Å². The molecule has 0 bridgehead atoms. The number of carbonyl (C=O) groups is 1. The van der Waals surface area contributed by atoms with Crippen molar-refractivity contribution in [3.8, 4) is 5.75 Å². The van der Waals surface area contributed by atoms with E-state index in [1.54, 1.807) is 0 Å². The number of ether oxygens (including phenoxy) is 1. The number of alkyl halides is 4. The molecule has 0 unspecified atom stereocenters. The van der Waals surface area contributed by atoms with Crippen molar-refractivity contribution in [2.24, 2.45) is 0 Å². The van der Waals surface area contributed by atoms with Crippen LogP contribution in [0.3, 0.4) is 0 Å². The average molecular weight is 376 g/mol. The summed E-state index contributed by atoms with van der Waals surface area (Å²) in [6.07, 6.45) is -4.69. The molecule has 0 saturated carbocycles. The number of Topliss-reactive ketones (excluding diaryl/α,β-unsaturated/α-hetero) is 1. The standard InChI is InChI=1S/C10H7Br2F3O2/c11-5-7(16)3-6-4-8(1-2-9(6)12)17-10(13,14)15/h1-2,4H,3,5H2. The van der Waals surface area contributed by atoms with Gasteiger partial charge in [0.2, 0.25) is 0 Å². The minimum atomic E-state index is -4.73. The monoisotopic (exact) mass is 374 g/mol. The predicted octanol–water partition coefficient (Wildman–Crippen LogP) is 3.85. The van der Waals surface area contributed by atoms with Crippen molar-refractivity contribution in [2.75, 3.05) is 5.33 Å². The number of hydrogen-bond donors (Lipinski definition) is 0. The summed E-state index contributed by atoms with van der Waals surface area (Å²) < 4.78 is 40.3. The zero-order valence-corrected chi connectivity index (χ0v) is 11.5. The van der Waals surface area contributed by atoms with Crippen LogP contribution in [-0.2, 0) is 11.2 Å². The maximum atomic E-state index is 12.0. The molecule has 0 aliphatic rings. The minimum Gasteiger partial charge on any atom is -0.406 e. The van der Waals surface area contributed by atoms with Gasteiger partial charge in [-0.3, -0.25) is 4.79 Å². The second-order valence-corrected chi connectivity index (χ2v) is 4.57. The fourth-order valence-electron chi connectivity index (χ4n) is 1.14. The second-order valence-electron chi connectivity index (χ2n) is 3.15. The van der Waals surface area contributed by atoms with E-state index in [-0.39, 0.29) is 23.3 Å². The highest BCUT2D eigenvalue weighted by Crippen LogP contribution is 2.27. The molecule has 0 aliphatic carbocycles. The average Bonchev–Trinajstić information content (AvgIpc) is 2.20. The molecule has 0 amide bonds. The van der Waals surface area contributed by atoms with Crippen LogP contribution in [0.5, 0.6) is 5.75 Å². The summed E-state index contributed by atoms with van der Waals surface area (Å²) in [6.45, 7) is 0. The summed E-state index contributed by atoms with van der Waals surface area (Å²) >= 11 is 6.15. The van der Waals surface area contributed by atoms with Crippen molar-refractivity contribution in [1.82, 2.24) is 0 Å². The number of benzene rings is 1. The van der Waals surface area contributed by atoms with E-state index in [4.69, 9.17) is 0 Å². The summed E-state index contributed by atoms with van der Waals surface area (Å²) in [6, 6.07) is 3.79. The SMILES string of the molecule is O=C(CBr)Cc1cc(OC(F)(F)F)ccc1Br. The van der Waals surface area contributed by atoms with Gasteiger partial charge < -0.3 is 4.74 Å². The van der Waals surface area contributed by atoms with Crippen molar-refractivity contribution < 1.29 is 22.7 Å². The number of hydrogen-bond acceptors (Lipinski definition) is 2. The highest BCUT2D eigenvalue weighted by molar-refractivity contribution is 9.10.